The van der Waals surface area contributed by atoms with Crippen LogP contribution in [0.4, 0.5) is 4.79 Å². The first-order valence-corrected chi connectivity index (χ1v) is 10.2. The van der Waals surface area contributed by atoms with Gasteiger partial charge in [-0.15, -0.1) is 0 Å². The molecule has 4 rings (SSSR count). The highest BCUT2D eigenvalue weighted by molar-refractivity contribution is 5.77. The number of nitrogens with one attached hydrogen (secondary N) is 2. The summed E-state index contributed by atoms with van der Waals surface area (Å²) >= 11 is 0. The number of amides is 2. The number of urea groups is 1. The number of hydrogen-bond acceptors (Lipinski definition) is 4. The molecule has 0 fully saturated rings. The van der Waals surface area contributed by atoms with Gasteiger partial charge >= 0.3 is 6.03 Å². The maximum Gasteiger partial charge on any atom is 0.317 e. The smallest absolute Gasteiger partial charge is 0.317 e. The summed E-state index contributed by atoms with van der Waals surface area (Å²) in [6, 6.07) is 19.6. The Labute approximate surface area is 184 Å². The lowest BCUT2D eigenvalue weighted by atomic mass is 10.1. The average molecular weight is 429 g/mol. The molecule has 2 aromatic carbocycles. The molecule has 162 valence electrons. The molecule has 0 unspecified atom stereocenters. The first kappa shape index (κ1) is 21.0. The summed E-state index contributed by atoms with van der Waals surface area (Å²) < 4.78 is 1.64. The summed E-state index contributed by atoms with van der Waals surface area (Å²) in [5, 5.41) is 3.38. The van der Waals surface area contributed by atoms with Crippen molar-refractivity contribution in [1.29, 1.82) is 0 Å². The van der Waals surface area contributed by atoms with Crippen molar-refractivity contribution in [3.63, 3.8) is 0 Å². The quantitative estimate of drug-likeness (QED) is 0.492. The number of aromatic nitrogens is 3. The molecule has 0 radical (unpaired) electrons. The fourth-order valence-corrected chi connectivity index (χ4v) is 3.37. The van der Waals surface area contributed by atoms with Crippen molar-refractivity contribution in [3.05, 3.63) is 111 Å². The molecule has 0 aliphatic rings. The van der Waals surface area contributed by atoms with Gasteiger partial charge in [0.1, 0.15) is 5.82 Å². The van der Waals surface area contributed by atoms with Crippen LogP contribution in [-0.4, -0.2) is 32.5 Å². The van der Waals surface area contributed by atoms with Crippen molar-refractivity contribution in [3.8, 4) is 0 Å². The van der Waals surface area contributed by atoms with Crippen molar-refractivity contribution in [2.45, 2.75) is 19.6 Å². The first-order chi connectivity index (χ1) is 15.5. The third-order valence-electron chi connectivity index (χ3n) is 5.11. The molecular weight excluding hydrogens is 406 g/mol. The second kappa shape index (κ2) is 9.30. The summed E-state index contributed by atoms with van der Waals surface area (Å²) in [5.74, 6) is 0.423. The molecular formula is C24H23N5O3. The molecule has 0 saturated carbocycles. The molecule has 32 heavy (non-hydrogen) atoms. The molecule has 2 N–H and O–H groups in total. The number of carbonyl (C=O) groups is 1. The van der Waals surface area contributed by atoms with E-state index in [-0.39, 0.29) is 23.7 Å². The Morgan fingerprint density at radius 3 is 2.50 bits per heavy atom. The van der Waals surface area contributed by atoms with E-state index in [1.807, 2.05) is 36.4 Å². The van der Waals surface area contributed by atoms with Crippen LogP contribution in [-0.2, 0) is 19.6 Å². The molecule has 2 amide bonds. The Balaban J connectivity index is 1.33. The van der Waals surface area contributed by atoms with Crippen LogP contribution in [0.25, 0.3) is 10.9 Å². The summed E-state index contributed by atoms with van der Waals surface area (Å²) in [7, 11) is 1.64. The number of fused-ring (bicyclic) bond motifs is 1. The molecule has 8 heteroatoms. The number of benzene rings is 2. The van der Waals surface area contributed by atoms with Crippen molar-refractivity contribution in [2.24, 2.45) is 0 Å². The third-order valence-corrected chi connectivity index (χ3v) is 5.11. The van der Waals surface area contributed by atoms with Gasteiger partial charge in [-0.1, -0.05) is 42.5 Å². The monoisotopic (exact) mass is 429 g/mol. The normalized spacial score (nSPS) is 10.8. The average Bonchev–Trinajstić information content (AvgIpc) is 2.80. The van der Waals surface area contributed by atoms with Crippen LogP contribution in [0.1, 0.15) is 17.0 Å². The molecule has 0 aliphatic heterocycles. The van der Waals surface area contributed by atoms with E-state index in [1.165, 1.54) is 11.0 Å². The van der Waals surface area contributed by atoms with E-state index in [1.54, 1.807) is 42.1 Å². The summed E-state index contributed by atoms with van der Waals surface area (Å²) in [6.07, 6.45) is 1.75. The van der Waals surface area contributed by atoms with Gasteiger partial charge in [0.15, 0.2) is 0 Å². The van der Waals surface area contributed by atoms with Crippen molar-refractivity contribution in [1.82, 2.24) is 24.8 Å². The van der Waals surface area contributed by atoms with E-state index >= 15 is 0 Å². The lowest BCUT2D eigenvalue weighted by Crippen LogP contribution is -2.37. The second-order valence-electron chi connectivity index (χ2n) is 7.53. The van der Waals surface area contributed by atoms with Crippen LogP contribution >= 0.6 is 0 Å². The molecule has 2 aromatic heterocycles. The summed E-state index contributed by atoms with van der Waals surface area (Å²) in [5.41, 5.74) is 2.26. The molecule has 2 heterocycles. The molecule has 0 saturated heterocycles. The number of carbonyl (C=O) groups excluding carboxylic acids is 1. The topological polar surface area (TPSA) is 100 Å². The van der Waals surface area contributed by atoms with Gasteiger partial charge in [-0.05, 0) is 29.3 Å². The van der Waals surface area contributed by atoms with Crippen LogP contribution in [0, 0.1) is 0 Å². The molecule has 8 nitrogen and oxygen atoms in total. The standard InChI is InChI=1S/C24H23N5O3/c1-28(16-21-26-20-7-3-2-6-19(20)23(31)27-21)24(32)25-14-17-9-11-18(12-10-17)15-29-13-5-4-8-22(29)30/h2-13H,14-16H2,1H3,(H,25,32)(H,26,27,31). The highest BCUT2D eigenvalue weighted by atomic mass is 16.2. The zero-order valence-electron chi connectivity index (χ0n) is 17.6. The predicted octanol–water partition coefficient (Wildman–Crippen LogP) is 2.47. The van der Waals surface area contributed by atoms with Gasteiger partial charge in [0.25, 0.3) is 11.1 Å². The number of rotatable bonds is 6. The van der Waals surface area contributed by atoms with Gasteiger partial charge in [0.05, 0.1) is 24.0 Å². The molecule has 4 aromatic rings. The third kappa shape index (κ3) is 4.92. The molecule has 0 spiro atoms. The molecule has 0 bridgehead atoms. The van der Waals surface area contributed by atoms with Crippen molar-refractivity contribution < 1.29 is 4.79 Å². The first-order valence-electron chi connectivity index (χ1n) is 10.2. The fraction of sp³-hybridized carbons (Fsp3) is 0.167. The SMILES string of the molecule is CN(Cc1nc2ccccc2c(=O)[nH]1)C(=O)NCc1ccc(Cn2ccccc2=O)cc1. The predicted molar refractivity (Wildman–Crippen MR) is 122 cm³/mol. The Hall–Kier alpha value is -4.20. The van der Waals surface area contributed by atoms with Crippen molar-refractivity contribution >= 4 is 16.9 Å². The molecule has 0 aliphatic carbocycles. The van der Waals surface area contributed by atoms with E-state index in [0.717, 1.165) is 11.1 Å². The van der Waals surface area contributed by atoms with Crippen molar-refractivity contribution in [2.75, 3.05) is 7.05 Å². The van der Waals surface area contributed by atoms with Gasteiger partial charge < -0.3 is 19.8 Å². The van der Waals surface area contributed by atoms with Gasteiger partial charge in [0.2, 0.25) is 0 Å². The van der Waals surface area contributed by atoms with E-state index in [0.29, 0.717) is 29.8 Å². The van der Waals surface area contributed by atoms with Crippen LogP contribution in [0.3, 0.4) is 0 Å². The Morgan fingerprint density at radius 1 is 1.00 bits per heavy atom. The van der Waals surface area contributed by atoms with E-state index < -0.39 is 0 Å². The largest absolute Gasteiger partial charge is 0.334 e. The van der Waals surface area contributed by atoms with Gasteiger partial charge in [-0.2, -0.15) is 0 Å². The number of para-hydroxylation sites is 1. The van der Waals surface area contributed by atoms with E-state index in [9.17, 15) is 14.4 Å². The zero-order valence-corrected chi connectivity index (χ0v) is 17.6. The minimum atomic E-state index is -0.277. The Kier molecular flexibility index (Phi) is 6.12. The highest BCUT2D eigenvalue weighted by Crippen LogP contribution is 2.08. The van der Waals surface area contributed by atoms with Crippen LogP contribution < -0.4 is 16.4 Å². The number of H-pyrrole nitrogens is 1. The minimum absolute atomic E-state index is 0.0471. The van der Waals surface area contributed by atoms with E-state index in [4.69, 9.17) is 0 Å². The number of nitrogens with zero attached hydrogens (tertiary/aromatic N) is 3. The van der Waals surface area contributed by atoms with Crippen LogP contribution in [0.15, 0.2) is 82.5 Å². The number of pyridine rings is 1. The number of aromatic amines is 1. The lowest BCUT2D eigenvalue weighted by molar-refractivity contribution is 0.205. The van der Waals surface area contributed by atoms with E-state index in [2.05, 4.69) is 15.3 Å². The maximum absolute atomic E-state index is 12.5. The summed E-state index contributed by atoms with van der Waals surface area (Å²) in [6.45, 7) is 1.03. The van der Waals surface area contributed by atoms with Crippen LogP contribution in [0.5, 0.6) is 0 Å². The lowest BCUT2D eigenvalue weighted by Gasteiger charge is -2.17. The maximum atomic E-state index is 12.5. The summed E-state index contributed by atoms with van der Waals surface area (Å²) in [4.78, 5) is 45.1. The fourth-order valence-electron chi connectivity index (χ4n) is 3.37. The van der Waals surface area contributed by atoms with Gasteiger partial charge in [-0.3, -0.25) is 9.59 Å². The Bertz CT molecular complexity index is 1360. The van der Waals surface area contributed by atoms with Crippen LogP contribution in [0.2, 0.25) is 0 Å². The zero-order chi connectivity index (χ0) is 22.5. The van der Waals surface area contributed by atoms with Gasteiger partial charge in [-0.25, -0.2) is 9.78 Å². The number of hydrogen-bond donors (Lipinski definition) is 2. The Morgan fingerprint density at radius 2 is 1.72 bits per heavy atom. The minimum Gasteiger partial charge on any atom is -0.334 e. The second-order valence-corrected chi connectivity index (χ2v) is 7.53. The highest BCUT2D eigenvalue weighted by Gasteiger charge is 2.11. The van der Waals surface area contributed by atoms with Gasteiger partial charge in [0, 0.05) is 25.9 Å². The molecule has 0 atom stereocenters.